The molecule has 2 aromatic rings. The van der Waals surface area contributed by atoms with Gasteiger partial charge in [-0.2, -0.15) is 0 Å². The van der Waals surface area contributed by atoms with Crippen LogP contribution in [-0.4, -0.2) is 53.4 Å². The van der Waals surface area contributed by atoms with Gasteiger partial charge in [-0.25, -0.2) is 4.39 Å². The third kappa shape index (κ3) is 6.57. The molecule has 200 valence electrons. The van der Waals surface area contributed by atoms with Gasteiger partial charge in [0.2, 0.25) is 0 Å². The van der Waals surface area contributed by atoms with Crippen LogP contribution in [0.25, 0.3) is 0 Å². The molecule has 2 aliphatic heterocycles. The highest BCUT2D eigenvalue weighted by atomic mass is 19.1. The summed E-state index contributed by atoms with van der Waals surface area (Å²) < 4.78 is 26.3. The smallest absolute Gasteiger partial charge is 0.325 e. The van der Waals surface area contributed by atoms with E-state index in [1.165, 1.54) is 41.9 Å². The number of fused-ring (bicyclic) bond motifs is 1. The van der Waals surface area contributed by atoms with Crippen LogP contribution in [-0.2, 0) is 33.5 Å². The van der Waals surface area contributed by atoms with Crippen LogP contribution in [0.1, 0.15) is 91.6 Å². The minimum absolute atomic E-state index is 0.00772. The van der Waals surface area contributed by atoms with Crippen LogP contribution in [0, 0.1) is 5.82 Å². The Hall–Kier alpha value is -2.35. The molecule has 3 heterocycles. The Morgan fingerprint density at radius 1 is 1.14 bits per heavy atom. The second-order valence-electron chi connectivity index (χ2n) is 10.7. The maximum absolute atomic E-state index is 14.3. The molecule has 5 rings (SSSR count). The van der Waals surface area contributed by atoms with E-state index in [0.29, 0.717) is 31.9 Å². The molecule has 0 saturated carbocycles. The van der Waals surface area contributed by atoms with Crippen molar-refractivity contribution in [1.82, 2.24) is 9.88 Å². The fourth-order valence-electron chi connectivity index (χ4n) is 6.10. The van der Waals surface area contributed by atoms with Gasteiger partial charge in [0, 0.05) is 37.7 Å². The number of halogens is 1. The number of hydrogen-bond acceptors (Lipinski definition) is 5. The van der Waals surface area contributed by atoms with Gasteiger partial charge < -0.3 is 14.6 Å². The normalized spacial score (nSPS) is 23.1. The zero-order chi connectivity index (χ0) is 25.6. The third-order valence-electron chi connectivity index (χ3n) is 8.06. The molecule has 3 aliphatic rings. The zero-order valence-corrected chi connectivity index (χ0v) is 21.7. The Kier molecular flexibility index (Phi) is 8.85. The lowest BCUT2D eigenvalue weighted by Crippen LogP contribution is -2.34. The Bertz CT molecular complexity index is 1070. The number of carboxylic acids is 1. The summed E-state index contributed by atoms with van der Waals surface area (Å²) in [5, 5.41) is 10.2. The number of ether oxygens (including phenoxy) is 2. The number of likely N-dealkylation sites (tertiary alicyclic amines) is 1. The lowest BCUT2D eigenvalue weighted by molar-refractivity contribution is -0.143. The summed E-state index contributed by atoms with van der Waals surface area (Å²) >= 11 is 0. The second kappa shape index (κ2) is 12.5. The third-order valence-corrected chi connectivity index (χ3v) is 8.06. The second-order valence-corrected chi connectivity index (χ2v) is 10.7. The quantitative estimate of drug-likeness (QED) is 0.421. The monoisotopic (exact) mass is 510 g/mol. The number of pyridine rings is 1. The van der Waals surface area contributed by atoms with Gasteiger partial charge in [0.15, 0.2) is 0 Å². The number of aryl methyl sites for hydroxylation is 3. The van der Waals surface area contributed by atoms with Crippen molar-refractivity contribution < 1.29 is 23.8 Å². The molecule has 0 unspecified atom stereocenters. The van der Waals surface area contributed by atoms with E-state index in [1.54, 1.807) is 6.07 Å². The first-order valence-corrected chi connectivity index (χ1v) is 14.1. The van der Waals surface area contributed by atoms with E-state index in [4.69, 9.17) is 14.5 Å². The lowest BCUT2D eigenvalue weighted by atomic mass is 9.92. The van der Waals surface area contributed by atoms with Gasteiger partial charge in [-0.3, -0.25) is 14.7 Å². The van der Waals surface area contributed by atoms with Crippen LogP contribution < -0.4 is 0 Å². The van der Waals surface area contributed by atoms with Crippen molar-refractivity contribution >= 4 is 5.97 Å². The highest BCUT2D eigenvalue weighted by Gasteiger charge is 2.36. The number of hydrogen-bond donors (Lipinski definition) is 1. The average Bonchev–Trinajstić information content (AvgIpc) is 3.37. The van der Waals surface area contributed by atoms with Crippen molar-refractivity contribution in [2.45, 2.75) is 88.9 Å². The van der Waals surface area contributed by atoms with Gasteiger partial charge in [0.05, 0.1) is 12.2 Å². The summed E-state index contributed by atoms with van der Waals surface area (Å²) in [6.07, 6.45) is 11.2. The number of nitrogens with zero attached hydrogens (tertiary/aromatic N) is 2. The number of unbranched alkanes of at least 4 members (excludes halogenated alkanes) is 1. The van der Waals surface area contributed by atoms with Crippen LogP contribution >= 0.6 is 0 Å². The molecule has 1 aromatic carbocycles. The topological polar surface area (TPSA) is 71.9 Å². The maximum atomic E-state index is 14.3. The fraction of sp³-hybridized carbons (Fsp3) is 0.600. The van der Waals surface area contributed by atoms with Crippen LogP contribution in [0.3, 0.4) is 0 Å². The lowest BCUT2D eigenvalue weighted by Gasteiger charge is -2.30. The number of benzene rings is 1. The van der Waals surface area contributed by atoms with Gasteiger partial charge in [0.1, 0.15) is 11.9 Å². The first-order chi connectivity index (χ1) is 18.1. The van der Waals surface area contributed by atoms with Gasteiger partial charge in [-0.15, -0.1) is 0 Å². The summed E-state index contributed by atoms with van der Waals surface area (Å²) in [7, 11) is 0. The molecule has 1 aromatic heterocycles. The van der Waals surface area contributed by atoms with Crippen LogP contribution in [0.5, 0.6) is 0 Å². The number of carbonyl (C=O) groups is 1. The van der Waals surface area contributed by atoms with Gasteiger partial charge in [-0.1, -0.05) is 12.1 Å². The van der Waals surface area contributed by atoms with Crippen molar-refractivity contribution in [2.24, 2.45) is 0 Å². The molecule has 0 amide bonds. The van der Waals surface area contributed by atoms with Gasteiger partial charge >= 0.3 is 5.97 Å². The molecular formula is C30H39FN2O4. The van der Waals surface area contributed by atoms with E-state index in [1.807, 2.05) is 4.90 Å². The minimum atomic E-state index is -0.958. The molecule has 0 spiro atoms. The SMILES string of the molecule is O=C(O)[C@H](c1cc(F)ccc1[C@@H]1CCCCO1)N1CC[C@@H](OCCCCc2ccc3c(n2)CCCC3)C1. The zero-order valence-electron chi connectivity index (χ0n) is 21.7. The number of carboxylic acid groups (broad SMARTS) is 1. The molecule has 1 N–H and O–H groups in total. The highest BCUT2D eigenvalue weighted by molar-refractivity contribution is 5.76. The van der Waals surface area contributed by atoms with Gasteiger partial charge in [-0.05, 0) is 106 Å². The van der Waals surface area contributed by atoms with E-state index in [0.717, 1.165) is 63.4 Å². The predicted molar refractivity (Wildman–Crippen MR) is 139 cm³/mol. The molecule has 2 saturated heterocycles. The summed E-state index contributed by atoms with van der Waals surface area (Å²) in [5.41, 5.74) is 5.19. The molecule has 0 radical (unpaired) electrons. The van der Waals surface area contributed by atoms with E-state index in [9.17, 15) is 14.3 Å². The number of rotatable bonds is 10. The molecule has 3 atom stereocenters. The minimum Gasteiger partial charge on any atom is -0.480 e. The molecule has 6 nitrogen and oxygen atoms in total. The van der Waals surface area contributed by atoms with Crippen molar-refractivity contribution in [1.29, 1.82) is 0 Å². The predicted octanol–water partition coefficient (Wildman–Crippen LogP) is 5.58. The van der Waals surface area contributed by atoms with E-state index in [2.05, 4.69) is 12.1 Å². The molecule has 37 heavy (non-hydrogen) atoms. The molecule has 0 bridgehead atoms. The van der Waals surface area contributed by atoms with Crippen molar-refractivity contribution in [3.63, 3.8) is 0 Å². The summed E-state index contributed by atoms with van der Waals surface area (Å²) in [5.74, 6) is -1.37. The summed E-state index contributed by atoms with van der Waals surface area (Å²) in [6, 6.07) is 8.02. The molecule has 1 aliphatic carbocycles. The van der Waals surface area contributed by atoms with Crippen molar-refractivity contribution in [3.05, 3.63) is 64.2 Å². The standard InChI is InChI=1S/C30H39FN2O4/c31-22-12-14-25(28-10-4-6-18-37-28)26(19-22)29(30(34)35)33-16-15-24(20-33)36-17-5-3-8-23-13-11-21-7-1-2-9-27(21)32-23/h11-14,19,24,28-29H,1-10,15-18,20H2,(H,34,35)/t24-,28+,29+/m1/s1. The van der Waals surface area contributed by atoms with Crippen LogP contribution in [0.15, 0.2) is 30.3 Å². The Balaban J connectivity index is 1.13. The fourth-order valence-corrected chi connectivity index (χ4v) is 6.10. The Morgan fingerprint density at radius 2 is 2.03 bits per heavy atom. The summed E-state index contributed by atoms with van der Waals surface area (Å²) in [6.45, 7) is 2.46. The number of aromatic nitrogens is 1. The van der Waals surface area contributed by atoms with Crippen LogP contribution in [0.2, 0.25) is 0 Å². The van der Waals surface area contributed by atoms with Crippen molar-refractivity contribution in [2.75, 3.05) is 26.3 Å². The van der Waals surface area contributed by atoms with Crippen molar-refractivity contribution in [3.8, 4) is 0 Å². The first-order valence-electron chi connectivity index (χ1n) is 14.1. The van der Waals surface area contributed by atoms with E-state index < -0.39 is 17.8 Å². The van der Waals surface area contributed by atoms with Gasteiger partial charge in [0.25, 0.3) is 0 Å². The molecule has 7 heteroatoms. The first kappa shape index (κ1) is 26.3. The highest BCUT2D eigenvalue weighted by Crippen LogP contribution is 2.36. The summed E-state index contributed by atoms with van der Waals surface area (Å²) in [4.78, 5) is 19.2. The largest absolute Gasteiger partial charge is 0.480 e. The van der Waals surface area contributed by atoms with E-state index in [-0.39, 0.29) is 12.2 Å². The molecular weight excluding hydrogens is 471 g/mol. The number of aliphatic carboxylic acids is 1. The Labute approximate surface area is 219 Å². The maximum Gasteiger partial charge on any atom is 0.325 e. The van der Waals surface area contributed by atoms with Crippen LogP contribution in [0.4, 0.5) is 4.39 Å². The molecule has 2 fully saturated rings. The van der Waals surface area contributed by atoms with E-state index >= 15 is 0 Å². The Morgan fingerprint density at radius 3 is 2.86 bits per heavy atom. The average molecular weight is 511 g/mol.